The molecule has 2 aliphatic rings. The van der Waals surface area contributed by atoms with E-state index in [9.17, 15) is 0 Å². The molecule has 0 bridgehead atoms. The number of β-amino-alcohol motifs (C(OH)–C–C–N with tert-alkyl or cyclic N) is 2. The van der Waals surface area contributed by atoms with Crippen molar-refractivity contribution in [1.29, 1.82) is 0 Å². The molecule has 4 nitrogen and oxygen atoms in total. The number of rotatable bonds is 0. The Morgan fingerprint density at radius 1 is 0.846 bits per heavy atom. The first kappa shape index (κ1) is 13.1. The SMILES string of the molecule is Cl.OC1CCNC1.OC1CCNC1. The minimum Gasteiger partial charge on any atom is -0.392 e. The van der Waals surface area contributed by atoms with Crippen molar-refractivity contribution in [1.82, 2.24) is 10.6 Å². The third-order valence-corrected chi connectivity index (χ3v) is 2.07. The quantitative estimate of drug-likeness (QED) is 0.419. The number of hydrogen-bond donors (Lipinski definition) is 4. The summed E-state index contributed by atoms with van der Waals surface area (Å²) in [6, 6.07) is 0. The van der Waals surface area contributed by atoms with E-state index >= 15 is 0 Å². The molecule has 0 aromatic carbocycles. The Balaban J connectivity index is 0.000000206. The molecule has 13 heavy (non-hydrogen) atoms. The smallest absolute Gasteiger partial charge is 0.0676 e. The first-order valence-electron chi connectivity index (χ1n) is 4.56. The van der Waals surface area contributed by atoms with E-state index in [-0.39, 0.29) is 24.6 Å². The molecule has 0 aliphatic carbocycles. The molecule has 0 amide bonds. The van der Waals surface area contributed by atoms with Gasteiger partial charge in [0.2, 0.25) is 0 Å². The second-order valence-corrected chi connectivity index (χ2v) is 3.29. The van der Waals surface area contributed by atoms with Crippen molar-refractivity contribution < 1.29 is 10.2 Å². The van der Waals surface area contributed by atoms with Crippen molar-refractivity contribution in [2.75, 3.05) is 26.2 Å². The van der Waals surface area contributed by atoms with Gasteiger partial charge in [-0.25, -0.2) is 0 Å². The van der Waals surface area contributed by atoms with Gasteiger partial charge in [0.25, 0.3) is 0 Å². The van der Waals surface area contributed by atoms with E-state index in [4.69, 9.17) is 10.2 Å². The lowest BCUT2D eigenvalue weighted by Gasteiger charge is -1.90. The predicted octanol–water partition coefficient (Wildman–Crippen LogP) is -0.897. The van der Waals surface area contributed by atoms with E-state index in [2.05, 4.69) is 10.6 Å². The van der Waals surface area contributed by atoms with Gasteiger partial charge in [0.05, 0.1) is 12.2 Å². The highest BCUT2D eigenvalue weighted by molar-refractivity contribution is 5.85. The highest BCUT2D eigenvalue weighted by atomic mass is 35.5. The van der Waals surface area contributed by atoms with E-state index in [0.29, 0.717) is 0 Å². The molecule has 0 saturated carbocycles. The zero-order chi connectivity index (χ0) is 8.81. The van der Waals surface area contributed by atoms with Gasteiger partial charge in [-0.15, -0.1) is 12.4 Å². The molecule has 4 N–H and O–H groups in total. The van der Waals surface area contributed by atoms with Crippen LogP contribution in [0.5, 0.6) is 0 Å². The molecule has 2 aliphatic heterocycles. The molecule has 2 saturated heterocycles. The summed E-state index contributed by atoms with van der Waals surface area (Å²) in [5.41, 5.74) is 0. The molecule has 2 fully saturated rings. The average Bonchev–Trinajstić information content (AvgIpc) is 2.63. The van der Waals surface area contributed by atoms with Gasteiger partial charge >= 0.3 is 0 Å². The average molecular weight is 211 g/mol. The molecular weight excluding hydrogens is 192 g/mol. The summed E-state index contributed by atoms with van der Waals surface area (Å²) in [7, 11) is 0. The first-order valence-corrected chi connectivity index (χ1v) is 4.56. The van der Waals surface area contributed by atoms with Gasteiger partial charge in [-0.2, -0.15) is 0 Å². The van der Waals surface area contributed by atoms with Crippen molar-refractivity contribution in [3.63, 3.8) is 0 Å². The maximum Gasteiger partial charge on any atom is 0.0676 e. The van der Waals surface area contributed by atoms with Gasteiger partial charge in [-0.3, -0.25) is 0 Å². The van der Waals surface area contributed by atoms with Gasteiger partial charge in [-0.1, -0.05) is 0 Å². The third kappa shape index (κ3) is 6.23. The number of hydrogen-bond acceptors (Lipinski definition) is 4. The van der Waals surface area contributed by atoms with E-state index in [1.165, 1.54) is 0 Å². The van der Waals surface area contributed by atoms with Crippen LogP contribution in [-0.2, 0) is 0 Å². The van der Waals surface area contributed by atoms with E-state index in [0.717, 1.165) is 39.0 Å². The minimum atomic E-state index is -0.0648. The topological polar surface area (TPSA) is 64.5 Å². The van der Waals surface area contributed by atoms with Crippen LogP contribution in [-0.4, -0.2) is 48.6 Å². The molecule has 0 aromatic rings. The Bertz CT molecular complexity index is 101. The third-order valence-electron chi connectivity index (χ3n) is 2.07. The Hall–Kier alpha value is 0.130. The lowest BCUT2D eigenvalue weighted by molar-refractivity contribution is 0.196. The molecule has 5 heteroatoms. The predicted molar refractivity (Wildman–Crippen MR) is 54.2 cm³/mol. The monoisotopic (exact) mass is 210 g/mol. The van der Waals surface area contributed by atoms with Crippen LogP contribution in [0, 0.1) is 0 Å². The Labute approximate surface area is 85.1 Å². The molecular formula is C8H19ClN2O2. The number of halogens is 1. The van der Waals surface area contributed by atoms with Gasteiger partial charge in [0.1, 0.15) is 0 Å². The van der Waals surface area contributed by atoms with Crippen molar-refractivity contribution in [3.8, 4) is 0 Å². The molecule has 0 aromatic heterocycles. The Kier molecular flexibility index (Phi) is 7.60. The molecule has 80 valence electrons. The Morgan fingerprint density at radius 2 is 1.23 bits per heavy atom. The number of nitrogens with one attached hydrogen (secondary N) is 2. The number of aliphatic hydroxyl groups is 2. The molecule has 2 atom stereocenters. The fourth-order valence-corrected chi connectivity index (χ4v) is 1.28. The Morgan fingerprint density at radius 3 is 1.31 bits per heavy atom. The summed E-state index contributed by atoms with van der Waals surface area (Å²) < 4.78 is 0. The van der Waals surface area contributed by atoms with Gasteiger partial charge in [0, 0.05) is 13.1 Å². The van der Waals surface area contributed by atoms with Crippen LogP contribution in [0.4, 0.5) is 0 Å². The van der Waals surface area contributed by atoms with Crippen LogP contribution in [0.2, 0.25) is 0 Å². The van der Waals surface area contributed by atoms with Crippen LogP contribution in [0.1, 0.15) is 12.8 Å². The van der Waals surface area contributed by atoms with Gasteiger partial charge < -0.3 is 20.8 Å². The van der Waals surface area contributed by atoms with Crippen molar-refractivity contribution in [3.05, 3.63) is 0 Å². The minimum absolute atomic E-state index is 0. The van der Waals surface area contributed by atoms with Crippen LogP contribution >= 0.6 is 12.4 Å². The summed E-state index contributed by atoms with van der Waals surface area (Å²) in [4.78, 5) is 0. The van der Waals surface area contributed by atoms with Crippen LogP contribution in [0.3, 0.4) is 0 Å². The highest BCUT2D eigenvalue weighted by Gasteiger charge is 2.08. The molecule has 2 unspecified atom stereocenters. The zero-order valence-corrected chi connectivity index (χ0v) is 8.52. The van der Waals surface area contributed by atoms with Crippen molar-refractivity contribution in [2.45, 2.75) is 25.0 Å². The van der Waals surface area contributed by atoms with E-state index in [1.807, 2.05) is 0 Å². The molecule has 0 spiro atoms. The van der Waals surface area contributed by atoms with Crippen LogP contribution < -0.4 is 10.6 Å². The molecule has 2 heterocycles. The van der Waals surface area contributed by atoms with Crippen molar-refractivity contribution >= 4 is 12.4 Å². The van der Waals surface area contributed by atoms with Gasteiger partial charge in [-0.05, 0) is 25.9 Å². The highest BCUT2D eigenvalue weighted by Crippen LogP contribution is 1.93. The van der Waals surface area contributed by atoms with Crippen LogP contribution in [0.25, 0.3) is 0 Å². The lowest BCUT2D eigenvalue weighted by atomic mass is 10.3. The van der Waals surface area contributed by atoms with Crippen molar-refractivity contribution in [2.24, 2.45) is 0 Å². The summed E-state index contributed by atoms with van der Waals surface area (Å²) >= 11 is 0. The van der Waals surface area contributed by atoms with Gasteiger partial charge in [0.15, 0.2) is 0 Å². The van der Waals surface area contributed by atoms with E-state index < -0.39 is 0 Å². The fraction of sp³-hybridized carbons (Fsp3) is 1.00. The normalized spacial score (nSPS) is 31.8. The summed E-state index contributed by atoms with van der Waals surface area (Å²) in [6.45, 7) is 3.56. The largest absolute Gasteiger partial charge is 0.392 e. The summed E-state index contributed by atoms with van der Waals surface area (Å²) in [5.74, 6) is 0. The lowest BCUT2D eigenvalue weighted by Crippen LogP contribution is -2.11. The number of aliphatic hydroxyl groups excluding tert-OH is 2. The van der Waals surface area contributed by atoms with Crippen LogP contribution in [0.15, 0.2) is 0 Å². The summed E-state index contributed by atoms with van der Waals surface area (Å²) in [6.07, 6.45) is 1.73. The maximum absolute atomic E-state index is 8.67. The zero-order valence-electron chi connectivity index (χ0n) is 7.70. The summed E-state index contributed by atoms with van der Waals surface area (Å²) in [5, 5.41) is 23.4. The second-order valence-electron chi connectivity index (χ2n) is 3.29. The fourth-order valence-electron chi connectivity index (χ4n) is 1.28. The first-order chi connectivity index (χ1) is 5.79. The maximum atomic E-state index is 8.67. The standard InChI is InChI=1S/2C4H9NO.ClH/c2*6-4-1-2-5-3-4;/h2*4-6H,1-3H2;1H. The molecule has 0 radical (unpaired) electrons. The molecule has 2 rings (SSSR count). The second kappa shape index (κ2) is 7.53. The van der Waals surface area contributed by atoms with E-state index in [1.54, 1.807) is 0 Å².